The maximum Gasteiger partial charge on any atom is 0.261 e. The molecule has 4 heteroatoms. The van der Waals surface area contributed by atoms with E-state index in [1.165, 1.54) is 44.0 Å². The molecular weight excluding hydrogens is 573 g/mol. The van der Waals surface area contributed by atoms with Crippen molar-refractivity contribution in [3.63, 3.8) is 0 Å². The van der Waals surface area contributed by atoms with Gasteiger partial charge in [0.15, 0.2) is 0 Å². The monoisotopic (exact) mass is 603 g/mol. The normalized spacial score (nSPS) is 14.2. The number of nitrogens with zero attached hydrogens (tertiary/aromatic N) is 1. The zero-order valence-corrected chi connectivity index (χ0v) is 26.2. The second-order valence-electron chi connectivity index (χ2n) is 13.3. The number of para-hydroxylation sites is 2. The fourth-order valence-electron chi connectivity index (χ4n) is 8.16. The van der Waals surface area contributed by atoms with Gasteiger partial charge in [0.1, 0.15) is 23.0 Å². The SMILES string of the molecule is CC1(C)c2cc(N(c3ccccc3)c3ccccc3)ccc2-c2cc3c(cc21)B1c2c(cccc2Oc2ccc4ccccc4c21)O3. The summed E-state index contributed by atoms with van der Waals surface area (Å²) >= 11 is 0. The molecule has 2 aliphatic heterocycles. The molecule has 0 atom stereocenters. The zero-order valence-electron chi connectivity index (χ0n) is 26.2. The summed E-state index contributed by atoms with van der Waals surface area (Å²) in [7, 11) is 0. The lowest BCUT2D eigenvalue weighted by Gasteiger charge is -2.34. The Bertz CT molecular complexity index is 2360. The zero-order chi connectivity index (χ0) is 31.3. The Morgan fingerprint density at radius 2 is 1.13 bits per heavy atom. The number of ether oxygens (including phenoxy) is 2. The van der Waals surface area contributed by atoms with Crippen LogP contribution < -0.4 is 30.8 Å². The largest absolute Gasteiger partial charge is 0.458 e. The lowest BCUT2D eigenvalue weighted by molar-refractivity contribution is 0.465. The molecule has 47 heavy (non-hydrogen) atoms. The molecule has 0 saturated heterocycles. The van der Waals surface area contributed by atoms with Crippen LogP contribution in [-0.4, -0.2) is 6.71 Å². The Kier molecular flexibility index (Phi) is 5.43. The highest BCUT2D eigenvalue weighted by Crippen LogP contribution is 2.52. The topological polar surface area (TPSA) is 21.7 Å². The van der Waals surface area contributed by atoms with Gasteiger partial charge >= 0.3 is 0 Å². The fourth-order valence-corrected chi connectivity index (χ4v) is 8.16. The number of benzene rings is 7. The molecule has 10 rings (SSSR count). The van der Waals surface area contributed by atoms with Crippen molar-refractivity contribution in [2.24, 2.45) is 0 Å². The third-order valence-electron chi connectivity index (χ3n) is 10.4. The first-order valence-electron chi connectivity index (χ1n) is 16.3. The molecule has 0 fully saturated rings. The van der Waals surface area contributed by atoms with Crippen molar-refractivity contribution in [3.05, 3.63) is 157 Å². The molecule has 0 unspecified atom stereocenters. The predicted octanol–water partition coefficient (Wildman–Crippen LogP) is 9.34. The van der Waals surface area contributed by atoms with E-state index in [0.29, 0.717) is 0 Å². The molecule has 0 spiro atoms. The molecule has 7 aromatic rings. The van der Waals surface area contributed by atoms with Crippen molar-refractivity contribution in [1.29, 1.82) is 0 Å². The van der Waals surface area contributed by atoms with Gasteiger partial charge in [-0.15, -0.1) is 0 Å². The minimum atomic E-state index is -0.221. The fraction of sp³-hybridized carbons (Fsp3) is 0.0698. The lowest BCUT2D eigenvalue weighted by Crippen LogP contribution is -2.57. The lowest BCUT2D eigenvalue weighted by atomic mass is 9.34. The van der Waals surface area contributed by atoms with Crippen LogP contribution in [0, 0.1) is 0 Å². The van der Waals surface area contributed by atoms with Gasteiger partial charge in [0.25, 0.3) is 6.71 Å². The van der Waals surface area contributed by atoms with Gasteiger partial charge in [-0.05, 0) is 105 Å². The highest BCUT2D eigenvalue weighted by molar-refractivity contribution is 6.99. The van der Waals surface area contributed by atoms with Crippen molar-refractivity contribution in [1.82, 2.24) is 0 Å². The van der Waals surface area contributed by atoms with Crippen LogP contribution in [0.5, 0.6) is 23.0 Å². The van der Waals surface area contributed by atoms with Crippen LogP contribution in [-0.2, 0) is 5.41 Å². The van der Waals surface area contributed by atoms with E-state index in [0.717, 1.165) is 45.5 Å². The van der Waals surface area contributed by atoms with E-state index in [9.17, 15) is 0 Å². The Hall–Kier alpha value is -5.74. The molecule has 222 valence electrons. The van der Waals surface area contributed by atoms with Crippen molar-refractivity contribution < 1.29 is 9.47 Å². The van der Waals surface area contributed by atoms with Crippen molar-refractivity contribution in [3.8, 4) is 34.1 Å². The Morgan fingerprint density at radius 1 is 0.489 bits per heavy atom. The van der Waals surface area contributed by atoms with Crippen LogP contribution in [0.25, 0.3) is 21.9 Å². The molecular formula is C43H30BNO2. The molecule has 0 N–H and O–H groups in total. The molecule has 0 amide bonds. The van der Waals surface area contributed by atoms with E-state index in [4.69, 9.17) is 9.47 Å². The molecule has 3 aliphatic rings. The molecule has 3 nitrogen and oxygen atoms in total. The minimum Gasteiger partial charge on any atom is -0.458 e. The summed E-state index contributed by atoms with van der Waals surface area (Å²) in [6.07, 6.45) is 0. The molecule has 1 aliphatic carbocycles. The van der Waals surface area contributed by atoms with Crippen LogP contribution in [0.1, 0.15) is 25.0 Å². The van der Waals surface area contributed by atoms with Crippen LogP contribution in [0.2, 0.25) is 0 Å². The number of anilines is 3. The number of hydrogen-bond acceptors (Lipinski definition) is 3. The first kappa shape index (κ1) is 26.5. The predicted molar refractivity (Wildman–Crippen MR) is 194 cm³/mol. The second-order valence-corrected chi connectivity index (χ2v) is 13.3. The third-order valence-corrected chi connectivity index (χ3v) is 10.4. The van der Waals surface area contributed by atoms with Crippen LogP contribution in [0.3, 0.4) is 0 Å². The van der Waals surface area contributed by atoms with Crippen LogP contribution >= 0.6 is 0 Å². The molecule has 0 aromatic heterocycles. The van der Waals surface area contributed by atoms with Gasteiger partial charge in [-0.1, -0.05) is 98.8 Å². The average molecular weight is 604 g/mol. The Labute approximate surface area is 274 Å². The van der Waals surface area contributed by atoms with Gasteiger partial charge in [-0.25, -0.2) is 0 Å². The number of hydrogen-bond donors (Lipinski definition) is 0. The molecule has 7 aromatic carbocycles. The summed E-state index contributed by atoms with van der Waals surface area (Å²) in [5, 5.41) is 2.43. The van der Waals surface area contributed by atoms with E-state index < -0.39 is 0 Å². The van der Waals surface area contributed by atoms with Gasteiger partial charge in [0.05, 0.1) is 0 Å². The number of rotatable bonds is 3. The highest BCUT2D eigenvalue weighted by Gasteiger charge is 2.44. The molecule has 0 radical (unpaired) electrons. The van der Waals surface area contributed by atoms with E-state index in [1.807, 2.05) is 6.07 Å². The average Bonchev–Trinajstić information content (AvgIpc) is 3.33. The van der Waals surface area contributed by atoms with Gasteiger partial charge in [0.2, 0.25) is 0 Å². The van der Waals surface area contributed by atoms with Crippen LogP contribution in [0.4, 0.5) is 17.1 Å². The summed E-state index contributed by atoms with van der Waals surface area (Å²) in [5.41, 5.74) is 11.9. The van der Waals surface area contributed by atoms with Crippen molar-refractivity contribution in [2.45, 2.75) is 19.3 Å². The maximum absolute atomic E-state index is 6.75. The smallest absolute Gasteiger partial charge is 0.261 e. The van der Waals surface area contributed by atoms with E-state index >= 15 is 0 Å². The van der Waals surface area contributed by atoms with E-state index in [2.05, 4.69) is 158 Å². The first-order valence-corrected chi connectivity index (χ1v) is 16.3. The molecule has 2 heterocycles. The van der Waals surface area contributed by atoms with E-state index in [1.54, 1.807) is 0 Å². The maximum atomic E-state index is 6.75. The highest BCUT2D eigenvalue weighted by atomic mass is 16.5. The Balaban J connectivity index is 1.16. The summed E-state index contributed by atoms with van der Waals surface area (Å²) in [6, 6.07) is 52.0. The van der Waals surface area contributed by atoms with Crippen molar-refractivity contribution in [2.75, 3.05) is 4.90 Å². The summed E-state index contributed by atoms with van der Waals surface area (Å²) in [5.74, 6) is 3.58. The summed E-state index contributed by atoms with van der Waals surface area (Å²) in [6.45, 7) is 4.73. The quantitative estimate of drug-likeness (QED) is 0.188. The molecule has 0 saturated carbocycles. The molecule has 0 bridgehead atoms. The van der Waals surface area contributed by atoms with Gasteiger partial charge in [-0.2, -0.15) is 0 Å². The first-order chi connectivity index (χ1) is 23.1. The van der Waals surface area contributed by atoms with Crippen molar-refractivity contribution >= 4 is 50.9 Å². The van der Waals surface area contributed by atoms with E-state index in [-0.39, 0.29) is 12.1 Å². The Morgan fingerprint density at radius 3 is 1.87 bits per heavy atom. The second kappa shape index (κ2) is 9.64. The third kappa shape index (κ3) is 3.76. The summed E-state index contributed by atoms with van der Waals surface area (Å²) in [4.78, 5) is 2.34. The standard InChI is InChI=1S/C43H30BNO2/c1-43(2)34-24-30(45(28-13-5-3-6-14-28)29-15-7-4-8-16-29)21-22-32(34)33-25-40-36(26-35(33)43)44-41-31-17-10-9-12-27(31)20-23-39(41)46-37-18-11-19-38(47-40)42(37)44/h3-26H,1-2H3. The summed E-state index contributed by atoms with van der Waals surface area (Å²) < 4.78 is 13.3. The van der Waals surface area contributed by atoms with Gasteiger partial charge in [-0.3, -0.25) is 0 Å². The number of fused-ring (bicyclic) bond motifs is 9. The van der Waals surface area contributed by atoms with Gasteiger partial charge < -0.3 is 14.4 Å². The minimum absolute atomic E-state index is 0.00632. The van der Waals surface area contributed by atoms with Crippen LogP contribution in [0.15, 0.2) is 146 Å². The van der Waals surface area contributed by atoms with Gasteiger partial charge in [0, 0.05) is 27.9 Å².